The topological polar surface area (TPSA) is 92.7 Å². The normalized spacial score (nSPS) is 27.3. The fourth-order valence-corrected chi connectivity index (χ4v) is 5.28. The summed E-state index contributed by atoms with van der Waals surface area (Å²) in [5.41, 5.74) is 0.354. The number of fused-ring (bicyclic) bond motifs is 2. The van der Waals surface area contributed by atoms with Crippen molar-refractivity contribution >= 4 is 34.2 Å². The Morgan fingerprint density at radius 1 is 1.24 bits per heavy atom. The zero-order chi connectivity index (χ0) is 18.1. The van der Waals surface area contributed by atoms with E-state index in [0.717, 1.165) is 30.6 Å². The summed E-state index contributed by atoms with van der Waals surface area (Å²) in [7, 11) is 0. The minimum Gasteiger partial charge on any atom is -0.481 e. The van der Waals surface area contributed by atoms with E-state index >= 15 is 0 Å². The fourth-order valence-electron chi connectivity index (χ4n) is 4.29. The first-order chi connectivity index (χ1) is 12.0. The molecule has 2 aliphatic rings. The van der Waals surface area contributed by atoms with Gasteiger partial charge in [-0.3, -0.25) is 9.59 Å². The molecule has 0 aliphatic heterocycles. The molecular weight excluding hydrogens is 342 g/mol. The van der Waals surface area contributed by atoms with Gasteiger partial charge in [-0.1, -0.05) is 6.92 Å². The van der Waals surface area contributed by atoms with E-state index in [0.29, 0.717) is 10.6 Å². The predicted molar refractivity (Wildman–Crippen MR) is 93.7 cm³/mol. The first-order valence-corrected chi connectivity index (χ1v) is 9.61. The van der Waals surface area contributed by atoms with Gasteiger partial charge in [-0.25, -0.2) is 4.79 Å². The number of hydrogen-bond acceptors (Lipinski definition) is 5. The monoisotopic (exact) mass is 365 g/mol. The molecule has 25 heavy (non-hydrogen) atoms. The van der Waals surface area contributed by atoms with Gasteiger partial charge in [0.2, 0.25) is 5.91 Å². The smallest absolute Gasteiger partial charge is 0.341 e. The van der Waals surface area contributed by atoms with Gasteiger partial charge in [0.25, 0.3) is 0 Å². The molecular formula is C18H23NO5S. The first-order valence-electron chi connectivity index (χ1n) is 8.79. The van der Waals surface area contributed by atoms with Crippen LogP contribution in [0.25, 0.3) is 0 Å². The molecule has 7 heteroatoms. The zero-order valence-corrected chi connectivity index (χ0v) is 15.2. The zero-order valence-electron chi connectivity index (χ0n) is 14.4. The highest BCUT2D eigenvalue weighted by atomic mass is 32.1. The van der Waals surface area contributed by atoms with Crippen LogP contribution in [0.2, 0.25) is 0 Å². The van der Waals surface area contributed by atoms with Crippen LogP contribution in [0.1, 0.15) is 48.3 Å². The van der Waals surface area contributed by atoms with Crippen LogP contribution in [0.3, 0.4) is 0 Å². The summed E-state index contributed by atoms with van der Waals surface area (Å²) in [5.74, 6) is -2.54. The van der Waals surface area contributed by atoms with Crippen molar-refractivity contribution in [3.63, 3.8) is 0 Å². The first kappa shape index (κ1) is 17.9. The number of hydrogen-bond donors (Lipinski definition) is 2. The third-order valence-electron chi connectivity index (χ3n) is 5.37. The van der Waals surface area contributed by atoms with E-state index in [4.69, 9.17) is 4.74 Å². The lowest BCUT2D eigenvalue weighted by Gasteiger charge is -2.26. The summed E-state index contributed by atoms with van der Waals surface area (Å²) in [4.78, 5) is 37.6. The Morgan fingerprint density at radius 3 is 2.52 bits per heavy atom. The minimum absolute atomic E-state index is 0.0947. The van der Waals surface area contributed by atoms with Crippen LogP contribution >= 0.6 is 11.3 Å². The molecule has 2 saturated carbocycles. The van der Waals surface area contributed by atoms with Gasteiger partial charge in [0, 0.05) is 4.88 Å². The fraction of sp³-hybridized carbons (Fsp3) is 0.611. The number of amides is 1. The van der Waals surface area contributed by atoms with Crippen molar-refractivity contribution in [3.8, 4) is 0 Å². The van der Waals surface area contributed by atoms with Crippen molar-refractivity contribution in [2.75, 3.05) is 11.9 Å². The van der Waals surface area contributed by atoms with Gasteiger partial charge in [0.15, 0.2) is 0 Å². The van der Waals surface area contributed by atoms with Gasteiger partial charge in [0.1, 0.15) is 5.00 Å². The average molecular weight is 365 g/mol. The number of nitrogens with one attached hydrogen (secondary N) is 1. The van der Waals surface area contributed by atoms with Crippen LogP contribution in [0.5, 0.6) is 0 Å². The molecule has 0 saturated heterocycles. The molecule has 1 amide bonds. The van der Waals surface area contributed by atoms with Crippen molar-refractivity contribution in [2.24, 2.45) is 23.7 Å². The predicted octanol–water partition coefficient (Wildman–Crippen LogP) is 3.17. The van der Waals surface area contributed by atoms with Crippen molar-refractivity contribution in [1.29, 1.82) is 0 Å². The van der Waals surface area contributed by atoms with Crippen LogP contribution in [0.15, 0.2) is 6.07 Å². The highest BCUT2D eigenvalue weighted by molar-refractivity contribution is 7.16. The van der Waals surface area contributed by atoms with E-state index in [9.17, 15) is 19.5 Å². The second-order valence-electron chi connectivity index (χ2n) is 6.74. The SMILES string of the molecule is CCOC(=O)c1cc(CC)sc1NC(=O)[C@H]1[C@H]2CC[C@@H](C2)[C@@H]1C(=O)O. The van der Waals surface area contributed by atoms with E-state index in [2.05, 4.69) is 5.32 Å². The number of aliphatic carboxylic acids is 1. The van der Waals surface area contributed by atoms with Gasteiger partial charge >= 0.3 is 11.9 Å². The lowest BCUT2D eigenvalue weighted by molar-refractivity contribution is -0.148. The molecule has 2 bridgehead atoms. The lowest BCUT2D eigenvalue weighted by Crippen LogP contribution is -2.37. The average Bonchev–Trinajstić information content (AvgIpc) is 3.28. The number of carboxylic acid groups (broad SMARTS) is 1. The third-order valence-corrected chi connectivity index (χ3v) is 6.56. The molecule has 1 heterocycles. The maximum absolute atomic E-state index is 12.8. The number of aryl methyl sites for hydroxylation is 1. The molecule has 0 aromatic carbocycles. The van der Waals surface area contributed by atoms with Gasteiger partial charge in [-0.2, -0.15) is 0 Å². The van der Waals surface area contributed by atoms with Crippen LogP contribution in [0, 0.1) is 23.7 Å². The largest absolute Gasteiger partial charge is 0.481 e. The molecule has 1 aromatic heterocycles. The number of thiophene rings is 1. The summed E-state index contributed by atoms with van der Waals surface area (Å²) >= 11 is 1.35. The van der Waals surface area contributed by atoms with E-state index in [1.165, 1.54) is 11.3 Å². The van der Waals surface area contributed by atoms with Crippen molar-refractivity contribution in [2.45, 2.75) is 39.5 Å². The van der Waals surface area contributed by atoms with Crippen molar-refractivity contribution in [3.05, 3.63) is 16.5 Å². The Morgan fingerprint density at radius 2 is 1.92 bits per heavy atom. The van der Waals surface area contributed by atoms with E-state index in [-0.39, 0.29) is 24.3 Å². The molecule has 3 rings (SSSR count). The minimum atomic E-state index is -0.890. The maximum atomic E-state index is 12.8. The summed E-state index contributed by atoms with van der Waals surface area (Å²) in [6.07, 6.45) is 3.35. The van der Waals surface area contributed by atoms with Crippen LogP contribution < -0.4 is 5.32 Å². The number of esters is 1. The Hall–Kier alpha value is -1.89. The molecule has 2 fully saturated rings. The van der Waals surface area contributed by atoms with Gasteiger partial charge in [0.05, 0.1) is 24.0 Å². The molecule has 136 valence electrons. The Kier molecular flexibility index (Phi) is 5.13. The molecule has 2 N–H and O–H groups in total. The van der Waals surface area contributed by atoms with Crippen LogP contribution in [-0.4, -0.2) is 29.6 Å². The van der Waals surface area contributed by atoms with Gasteiger partial charge in [-0.05, 0) is 50.5 Å². The number of anilines is 1. The number of ether oxygens (including phenoxy) is 1. The van der Waals surface area contributed by atoms with Gasteiger partial charge < -0.3 is 15.2 Å². The molecule has 0 unspecified atom stereocenters. The second-order valence-corrected chi connectivity index (χ2v) is 7.88. The third kappa shape index (κ3) is 3.29. The Bertz CT molecular complexity index is 698. The Labute approximate surface area is 150 Å². The number of carbonyl (C=O) groups is 3. The van der Waals surface area contributed by atoms with Gasteiger partial charge in [-0.15, -0.1) is 11.3 Å². The number of rotatable bonds is 6. The second kappa shape index (κ2) is 7.15. The molecule has 1 aromatic rings. The highest BCUT2D eigenvalue weighted by Gasteiger charge is 2.54. The molecule has 2 aliphatic carbocycles. The van der Waals surface area contributed by atoms with E-state index in [1.807, 2.05) is 6.92 Å². The quantitative estimate of drug-likeness (QED) is 0.755. The van der Waals surface area contributed by atoms with Crippen LogP contribution in [-0.2, 0) is 20.7 Å². The molecule has 0 radical (unpaired) electrons. The molecule has 0 spiro atoms. The van der Waals surface area contributed by atoms with Crippen molar-refractivity contribution < 1.29 is 24.2 Å². The summed E-state index contributed by atoms with van der Waals surface area (Å²) in [6.45, 7) is 3.97. The summed E-state index contributed by atoms with van der Waals surface area (Å²) in [5, 5.41) is 12.8. The standard InChI is InChI=1S/C18H23NO5S/c1-3-11-8-12(18(23)24-4-2)16(25-11)19-15(20)13-9-5-6-10(7-9)14(13)17(21)22/h8-10,13-14H,3-7H2,1-2H3,(H,19,20)(H,21,22)/t9-,10-,13-,14-/m0/s1. The molecule has 6 nitrogen and oxygen atoms in total. The van der Waals surface area contributed by atoms with E-state index in [1.54, 1.807) is 13.0 Å². The highest BCUT2D eigenvalue weighted by Crippen LogP contribution is 2.52. The molecule has 4 atom stereocenters. The van der Waals surface area contributed by atoms with E-state index < -0.39 is 23.8 Å². The summed E-state index contributed by atoms with van der Waals surface area (Å²) in [6, 6.07) is 1.74. The van der Waals surface area contributed by atoms with Crippen molar-refractivity contribution in [1.82, 2.24) is 0 Å². The maximum Gasteiger partial charge on any atom is 0.341 e. The number of carbonyl (C=O) groups excluding carboxylic acids is 2. The summed E-state index contributed by atoms with van der Waals surface area (Å²) < 4.78 is 5.06. The lowest BCUT2D eigenvalue weighted by atomic mass is 9.79. The van der Waals surface area contributed by atoms with Crippen LogP contribution in [0.4, 0.5) is 5.00 Å². The Balaban J connectivity index is 1.82. The number of carboxylic acids is 1.